The van der Waals surface area contributed by atoms with Crippen molar-refractivity contribution in [3.63, 3.8) is 0 Å². The maximum absolute atomic E-state index is 5.44. The first-order valence-electron chi connectivity index (χ1n) is 13.6. The summed E-state index contributed by atoms with van der Waals surface area (Å²) in [6.07, 6.45) is 33.3. The van der Waals surface area contributed by atoms with Crippen LogP contribution in [-0.4, -0.2) is 13.2 Å². The average Bonchev–Trinajstić information content (AvgIpc) is 2.78. The van der Waals surface area contributed by atoms with Gasteiger partial charge in [0.1, 0.15) is 25.0 Å². The van der Waals surface area contributed by atoms with Crippen LogP contribution in [0.15, 0.2) is 25.0 Å². The predicted molar refractivity (Wildman–Crippen MR) is 135 cm³/mol. The molecule has 0 atom stereocenters. The quantitative estimate of drug-likeness (QED) is 0.0993. The Kier molecular flexibility index (Phi) is 27.8. The highest BCUT2D eigenvalue weighted by Crippen LogP contribution is 2.11. The Labute approximate surface area is 195 Å². The molecule has 0 unspecified atom stereocenters. The fraction of sp³-hybridized carbons (Fsp3) is 0.857. The van der Waals surface area contributed by atoms with Crippen molar-refractivity contribution in [3.05, 3.63) is 25.0 Å². The molecule has 31 heavy (non-hydrogen) atoms. The lowest BCUT2D eigenvalue weighted by Gasteiger charge is -2.03. The van der Waals surface area contributed by atoms with Crippen LogP contribution in [0, 0.1) is 0 Å². The van der Waals surface area contributed by atoms with E-state index in [2.05, 4.69) is 13.8 Å². The average molecular weight is 439 g/mol. The van der Waals surface area contributed by atoms with Crippen molar-refractivity contribution in [3.8, 4) is 0 Å². The molecule has 0 aromatic heterocycles. The van der Waals surface area contributed by atoms with Crippen molar-refractivity contribution in [1.82, 2.24) is 0 Å². The van der Waals surface area contributed by atoms with Gasteiger partial charge in [0.05, 0.1) is 13.2 Å². The molecule has 0 radical (unpaired) electrons. The molecule has 184 valence electrons. The lowest BCUT2D eigenvalue weighted by atomic mass is 10.1. The summed E-state index contributed by atoms with van der Waals surface area (Å²) in [5, 5.41) is 0. The summed E-state index contributed by atoms with van der Waals surface area (Å²) in [5.74, 6) is 0. The topological polar surface area (TPSA) is 27.7 Å². The van der Waals surface area contributed by atoms with Gasteiger partial charge >= 0.3 is 0 Å². The van der Waals surface area contributed by atoms with E-state index in [0.29, 0.717) is 0 Å². The maximum Gasteiger partial charge on any atom is 0.125 e. The van der Waals surface area contributed by atoms with Crippen LogP contribution in [0.3, 0.4) is 0 Å². The Morgan fingerprint density at radius 1 is 0.355 bits per heavy atom. The van der Waals surface area contributed by atoms with Crippen molar-refractivity contribution in [2.75, 3.05) is 13.2 Å². The molecule has 0 amide bonds. The minimum Gasteiger partial charge on any atom is -0.498 e. The molecule has 0 rings (SSSR count). The van der Waals surface area contributed by atoms with Crippen LogP contribution in [-0.2, 0) is 14.2 Å². The number of hydrogen-bond donors (Lipinski definition) is 0. The number of hydrogen-bond acceptors (Lipinski definition) is 3. The molecule has 0 aliphatic rings. The lowest BCUT2D eigenvalue weighted by Crippen LogP contribution is -1.89. The molecular weight excluding hydrogens is 384 g/mol. The van der Waals surface area contributed by atoms with Crippen molar-refractivity contribution < 1.29 is 14.2 Å². The van der Waals surface area contributed by atoms with E-state index in [1.54, 1.807) is 25.0 Å². The molecular formula is C28H54O3. The Morgan fingerprint density at radius 3 is 0.968 bits per heavy atom. The van der Waals surface area contributed by atoms with Crippen molar-refractivity contribution >= 4 is 0 Å². The molecule has 0 fully saturated rings. The summed E-state index contributed by atoms with van der Waals surface area (Å²) in [7, 11) is 0. The summed E-state index contributed by atoms with van der Waals surface area (Å²) >= 11 is 0. The molecule has 3 heteroatoms. The second-order valence-electron chi connectivity index (χ2n) is 8.79. The van der Waals surface area contributed by atoms with Gasteiger partial charge in [-0.3, -0.25) is 0 Å². The zero-order valence-corrected chi connectivity index (χ0v) is 21.1. The molecule has 0 aliphatic heterocycles. The smallest absolute Gasteiger partial charge is 0.125 e. The molecule has 0 aromatic rings. The summed E-state index contributed by atoms with van der Waals surface area (Å²) in [5.41, 5.74) is 0. The molecule has 0 saturated heterocycles. The standard InChI is InChI=1S/C28H54O3/c1-3-5-7-9-11-13-15-17-19-21-23-29-25-27-31-28-26-30-24-22-20-18-16-14-12-10-8-6-4-2/h25-28H,3-24H2,1-2H3. The fourth-order valence-corrected chi connectivity index (χ4v) is 3.67. The van der Waals surface area contributed by atoms with E-state index in [1.807, 2.05) is 0 Å². The lowest BCUT2D eigenvalue weighted by molar-refractivity contribution is 0.215. The third-order valence-electron chi connectivity index (χ3n) is 5.69. The van der Waals surface area contributed by atoms with Gasteiger partial charge in [0, 0.05) is 0 Å². The van der Waals surface area contributed by atoms with Crippen LogP contribution in [0.5, 0.6) is 0 Å². The van der Waals surface area contributed by atoms with E-state index < -0.39 is 0 Å². The molecule has 0 bridgehead atoms. The van der Waals surface area contributed by atoms with Gasteiger partial charge in [0.25, 0.3) is 0 Å². The predicted octanol–water partition coefficient (Wildman–Crippen LogP) is 9.82. The maximum atomic E-state index is 5.44. The van der Waals surface area contributed by atoms with Gasteiger partial charge in [0.15, 0.2) is 0 Å². The van der Waals surface area contributed by atoms with Gasteiger partial charge in [-0.2, -0.15) is 0 Å². The Hall–Kier alpha value is -1.12. The molecule has 0 aromatic carbocycles. The summed E-state index contributed by atoms with van der Waals surface area (Å²) < 4.78 is 16.1. The van der Waals surface area contributed by atoms with E-state index in [4.69, 9.17) is 14.2 Å². The summed E-state index contributed by atoms with van der Waals surface area (Å²) in [4.78, 5) is 0. The summed E-state index contributed by atoms with van der Waals surface area (Å²) in [6.45, 7) is 6.09. The molecule has 0 saturated carbocycles. The first kappa shape index (κ1) is 29.9. The molecule has 3 nitrogen and oxygen atoms in total. The van der Waals surface area contributed by atoms with Gasteiger partial charge in [-0.05, 0) is 12.8 Å². The second kappa shape index (κ2) is 28.9. The SMILES string of the molecule is CCCCCCCCCCCCOC=COC=COCCCCCCCCCCCC. The highest BCUT2D eigenvalue weighted by molar-refractivity contribution is 4.69. The molecule has 0 N–H and O–H groups in total. The molecule has 0 heterocycles. The normalized spacial score (nSPS) is 11.5. The zero-order valence-electron chi connectivity index (χ0n) is 21.1. The Morgan fingerprint density at radius 2 is 0.645 bits per heavy atom. The van der Waals surface area contributed by atoms with Crippen molar-refractivity contribution in [2.45, 2.75) is 142 Å². The van der Waals surface area contributed by atoms with Crippen LogP contribution < -0.4 is 0 Å². The minimum atomic E-state index is 0.773. The van der Waals surface area contributed by atoms with Crippen LogP contribution in [0.25, 0.3) is 0 Å². The first-order chi connectivity index (χ1) is 15.4. The van der Waals surface area contributed by atoms with Crippen LogP contribution in [0.2, 0.25) is 0 Å². The third-order valence-corrected chi connectivity index (χ3v) is 5.69. The van der Waals surface area contributed by atoms with Gasteiger partial charge in [0.2, 0.25) is 0 Å². The van der Waals surface area contributed by atoms with Crippen molar-refractivity contribution in [2.24, 2.45) is 0 Å². The molecule has 0 spiro atoms. The van der Waals surface area contributed by atoms with Crippen LogP contribution in [0.4, 0.5) is 0 Å². The van der Waals surface area contributed by atoms with E-state index in [1.165, 1.54) is 116 Å². The van der Waals surface area contributed by atoms with E-state index in [9.17, 15) is 0 Å². The van der Waals surface area contributed by atoms with Gasteiger partial charge < -0.3 is 14.2 Å². The largest absolute Gasteiger partial charge is 0.498 e. The highest BCUT2D eigenvalue weighted by Gasteiger charge is 1.93. The monoisotopic (exact) mass is 438 g/mol. The van der Waals surface area contributed by atoms with Gasteiger partial charge in [-0.15, -0.1) is 0 Å². The fourth-order valence-electron chi connectivity index (χ4n) is 3.67. The Bertz CT molecular complexity index is 331. The van der Waals surface area contributed by atoms with Crippen LogP contribution >= 0.6 is 0 Å². The van der Waals surface area contributed by atoms with Crippen molar-refractivity contribution in [1.29, 1.82) is 0 Å². The van der Waals surface area contributed by atoms with Gasteiger partial charge in [-0.25, -0.2) is 0 Å². The minimum absolute atomic E-state index is 0.773. The third kappa shape index (κ3) is 28.9. The van der Waals surface area contributed by atoms with Gasteiger partial charge in [-0.1, -0.05) is 129 Å². The highest BCUT2D eigenvalue weighted by atomic mass is 16.5. The van der Waals surface area contributed by atoms with E-state index in [-0.39, 0.29) is 0 Å². The Balaban J connectivity index is 3.14. The van der Waals surface area contributed by atoms with Crippen LogP contribution in [0.1, 0.15) is 142 Å². The number of ether oxygens (including phenoxy) is 3. The van der Waals surface area contributed by atoms with E-state index in [0.717, 1.165) is 26.1 Å². The second-order valence-corrected chi connectivity index (χ2v) is 8.79. The zero-order chi connectivity index (χ0) is 22.5. The first-order valence-corrected chi connectivity index (χ1v) is 13.6. The van der Waals surface area contributed by atoms with E-state index >= 15 is 0 Å². The molecule has 0 aliphatic carbocycles. The number of rotatable bonds is 26. The number of unbranched alkanes of at least 4 members (excludes halogenated alkanes) is 18. The summed E-state index contributed by atoms with van der Waals surface area (Å²) in [6, 6.07) is 0.